The third-order valence-electron chi connectivity index (χ3n) is 6.36. The fourth-order valence-corrected chi connectivity index (χ4v) is 4.30. The minimum absolute atomic E-state index is 0.0399. The number of fused-ring (bicyclic) bond motifs is 1. The van der Waals surface area contributed by atoms with Crippen molar-refractivity contribution in [3.05, 3.63) is 60.4 Å². The van der Waals surface area contributed by atoms with E-state index in [2.05, 4.69) is 63.3 Å². The number of hydrogen-bond donors (Lipinski definition) is 2. The molecule has 0 bridgehead atoms. The molecule has 1 aliphatic heterocycles. The van der Waals surface area contributed by atoms with Crippen molar-refractivity contribution in [2.45, 2.75) is 25.9 Å². The van der Waals surface area contributed by atoms with Crippen LogP contribution < -0.4 is 15.5 Å². The number of ether oxygens (including phenoxy) is 1. The van der Waals surface area contributed by atoms with Crippen LogP contribution in [0.1, 0.15) is 30.9 Å². The average Bonchev–Trinajstić information content (AvgIpc) is 3.69. The molecule has 5 rings (SSSR count). The summed E-state index contributed by atoms with van der Waals surface area (Å²) in [5, 5.41) is 7.92. The Labute approximate surface area is 193 Å². The summed E-state index contributed by atoms with van der Waals surface area (Å²) in [5.41, 5.74) is 4.01. The molecule has 3 heterocycles. The molecule has 0 radical (unpaired) electrons. The van der Waals surface area contributed by atoms with E-state index < -0.39 is 0 Å². The molecule has 1 saturated heterocycles. The predicted octanol–water partition coefficient (Wildman–Crippen LogP) is 4.31. The largest absolute Gasteiger partial charge is 0.375 e. The molecule has 2 aliphatic rings. The molecule has 1 saturated carbocycles. The highest BCUT2D eigenvalue weighted by Gasteiger charge is 2.30. The Balaban J connectivity index is 1.46. The van der Waals surface area contributed by atoms with Crippen LogP contribution in [0.4, 0.5) is 17.3 Å². The summed E-state index contributed by atoms with van der Waals surface area (Å²) in [7, 11) is 1.84. The number of nitrogens with one attached hydrogen (secondary N) is 2. The first kappa shape index (κ1) is 21.4. The Morgan fingerprint density at radius 1 is 1.15 bits per heavy atom. The third kappa shape index (κ3) is 4.41. The van der Waals surface area contributed by atoms with Gasteiger partial charge in [-0.05, 0) is 54.5 Å². The van der Waals surface area contributed by atoms with Gasteiger partial charge in [-0.1, -0.05) is 18.7 Å². The Hall–Kier alpha value is -3.45. The van der Waals surface area contributed by atoms with Crippen molar-refractivity contribution in [1.82, 2.24) is 9.97 Å². The number of pyridine rings is 2. The van der Waals surface area contributed by atoms with E-state index in [1.807, 2.05) is 19.3 Å². The molecule has 0 spiro atoms. The van der Waals surface area contributed by atoms with E-state index in [9.17, 15) is 4.79 Å². The van der Waals surface area contributed by atoms with Crippen LogP contribution in [0.5, 0.6) is 0 Å². The Kier molecular flexibility index (Phi) is 5.72. The van der Waals surface area contributed by atoms with Crippen molar-refractivity contribution >= 4 is 39.6 Å². The smallest absolute Gasteiger partial charge is 0.228 e. The van der Waals surface area contributed by atoms with Crippen molar-refractivity contribution in [2.24, 2.45) is 5.92 Å². The van der Waals surface area contributed by atoms with E-state index in [1.165, 1.54) is 5.69 Å². The zero-order valence-electron chi connectivity index (χ0n) is 19.1. The topological polar surface area (TPSA) is 79.4 Å². The van der Waals surface area contributed by atoms with Crippen molar-refractivity contribution in [3.63, 3.8) is 0 Å². The summed E-state index contributed by atoms with van der Waals surface area (Å²) in [4.78, 5) is 23.6. The van der Waals surface area contributed by atoms with E-state index in [1.54, 1.807) is 6.20 Å². The predicted molar refractivity (Wildman–Crippen MR) is 133 cm³/mol. The molecule has 1 aromatic carbocycles. The standard InChI is InChI=1S/C26H29N5O2/c1-16-15-31(10-11-33-16)20-8-6-18(7-9-20)17(2)22-13-29-25(27-3)23-14-28-24(12-21(22)23)30-26(32)19-4-5-19/h6-9,12-14,16,19H,2,4-5,10-11,15H2,1,3H3,(H,27,29)(H,28,30,32)/t16-/m0/s1. The molecule has 1 amide bonds. The van der Waals surface area contributed by atoms with Gasteiger partial charge in [-0.3, -0.25) is 4.79 Å². The molecule has 1 atom stereocenters. The average molecular weight is 444 g/mol. The number of carbonyl (C=O) groups excluding carboxylic acids is 1. The first-order valence-electron chi connectivity index (χ1n) is 11.5. The highest BCUT2D eigenvalue weighted by molar-refractivity contribution is 6.03. The van der Waals surface area contributed by atoms with Gasteiger partial charge in [0.2, 0.25) is 5.91 Å². The fraction of sp³-hybridized carbons (Fsp3) is 0.346. The summed E-state index contributed by atoms with van der Waals surface area (Å²) < 4.78 is 5.66. The van der Waals surface area contributed by atoms with Gasteiger partial charge in [-0.2, -0.15) is 0 Å². The number of hydrogen-bond acceptors (Lipinski definition) is 6. The Morgan fingerprint density at radius 3 is 2.64 bits per heavy atom. The second kappa shape index (κ2) is 8.83. The third-order valence-corrected chi connectivity index (χ3v) is 6.36. The first-order chi connectivity index (χ1) is 16.0. The lowest BCUT2D eigenvalue weighted by Crippen LogP contribution is -2.41. The summed E-state index contributed by atoms with van der Waals surface area (Å²) >= 11 is 0. The van der Waals surface area contributed by atoms with Crippen LogP contribution in [0.15, 0.2) is 49.3 Å². The molecule has 170 valence electrons. The number of anilines is 3. The van der Waals surface area contributed by atoms with Crippen LogP contribution in [0.2, 0.25) is 0 Å². The van der Waals surface area contributed by atoms with Gasteiger partial charge in [0, 0.05) is 55.1 Å². The van der Waals surface area contributed by atoms with Gasteiger partial charge in [0.05, 0.1) is 12.7 Å². The maximum atomic E-state index is 12.3. The molecule has 7 nitrogen and oxygen atoms in total. The van der Waals surface area contributed by atoms with Gasteiger partial charge < -0.3 is 20.3 Å². The van der Waals surface area contributed by atoms with Gasteiger partial charge >= 0.3 is 0 Å². The number of amides is 1. The lowest BCUT2D eigenvalue weighted by atomic mass is 9.96. The van der Waals surface area contributed by atoms with E-state index in [-0.39, 0.29) is 17.9 Å². The summed E-state index contributed by atoms with van der Waals surface area (Å²) in [6.45, 7) is 9.02. The normalized spacial score (nSPS) is 18.2. The second-order valence-corrected chi connectivity index (χ2v) is 8.80. The molecule has 2 N–H and O–H groups in total. The van der Waals surface area contributed by atoms with Crippen molar-refractivity contribution in [1.29, 1.82) is 0 Å². The Morgan fingerprint density at radius 2 is 1.94 bits per heavy atom. The number of nitrogens with zero attached hydrogens (tertiary/aromatic N) is 3. The molecule has 2 fully saturated rings. The van der Waals surface area contributed by atoms with Crippen molar-refractivity contribution in [2.75, 3.05) is 42.3 Å². The van der Waals surface area contributed by atoms with Crippen LogP contribution in [-0.2, 0) is 9.53 Å². The molecular weight excluding hydrogens is 414 g/mol. The number of carbonyl (C=O) groups is 1. The van der Waals surface area contributed by atoms with Crippen LogP contribution in [0.3, 0.4) is 0 Å². The molecule has 1 aliphatic carbocycles. The molecule has 2 aromatic heterocycles. The lowest BCUT2D eigenvalue weighted by Gasteiger charge is -2.33. The minimum Gasteiger partial charge on any atom is -0.375 e. The molecule has 33 heavy (non-hydrogen) atoms. The summed E-state index contributed by atoms with van der Waals surface area (Å²) in [5.74, 6) is 1.46. The quantitative estimate of drug-likeness (QED) is 0.591. The SMILES string of the molecule is C=C(c1ccc(N2CCO[C@@H](C)C2)cc1)c1cnc(NC)c2cnc(NC(=O)C3CC3)cc12. The van der Waals surface area contributed by atoms with Crippen molar-refractivity contribution < 1.29 is 9.53 Å². The van der Waals surface area contributed by atoms with Crippen LogP contribution in [-0.4, -0.2) is 48.7 Å². The highest BCUT2D eigenvalue weighted by Crippen LogP contribution is 2.34. The van der Waals surface area contributed by atoms with E-state index in [0.29, 0.717) is 5.82 Å². The number of benzene rings is 1. The number of aromatic nitrogens is 2. The maximum absolute atomic E-state index is 12.3. The molecule has 7 heteroatoms. The minimum atomic E-state index is 0.0399. The first-order valence-corrected chi connectivity index (χ1v) is 11.5. The van der Waals surface area contributed by atoms with Gasteiger partial charge in [0.15, 0.2) is 0 Å². The van der Waals surface area contributed by atoms with Gasteiger partial charge in [0.25, 0.3) is 0 Å². The number of morpholine rings is 1. The monoisotopic (exact) mass is 443 g/mol. The maximum Gasteiger partial charge on any atom is 0.228 e. The highest BCUT2D eigenvalue weighted by atomic mass is 16.5. The zero-order chi connectivity index (χ0) is 22.9. The Bertz CT molecular complexity index is 1200. The van der Waals surface area contributed by atoms with Gasteiger partial charge in [-0.25, -0.2) is 9.97 Å². The van der Waals surface area contributed by atoms with E-state index >= 15 is 0 Å². The summed E-state index contributed by atoms with van der Waals surface area (Å²) in [6, 6.07) is 10.4. The van der Waals surface area contributed by atoms with E-state index in [4.69, 9.17) is 4.74 Å². The van der Waals surface area contributed by atoms with Crippen LogP contribution in [0.25, 0.3) is 16.3 Å². The van der Waals surface area contributed by atoms with Crippen LogP contribution in [0, 0.1) is 5.92 Å². The fourth-order valence-electron chi connectivity index (χ4n) is 4.30. The molecular formula is C26H29N5O2. The molecule has 0 unspecified atom stereocenters. The van der Waals surface area contributed by atoms with E-state index in [0.717, 1.165) is 65.8 Å². The van der Waals surface area contributed by atoms with Crippen molar-refractivity contribution in [3.8, 4) is 0 Å². The number of rotatable bonds is 6. The zero-order valence-corrected chi connectivity index (χ0v) is 19.1. The summed E-state index contributed by atoms with van der Waals surface area (Å²) in [6.07, 6.45) is 5.74. The van der Waals surface area contributed by atoms with Crippen LogP contribution >= 0.6 is 0 Å². The lowest BCUT2D eigenvalue weighted by molar-refractivity contribution is -0.117. The molecule has 3 aromatic rings. The second-order valence-electron chi connectivity index (χ2n) is 8.80. The van der Waals surface area contributed by atoms with Gasteiger partial charge in [0.1, 0.15) is 11.6 Å². The van der Waals surface area contributed by atoms with Gasteiger partial charge in [-0.15, -0.1) is 0 Å².